The van der Waals surface area contributed by atoms with Crippen LogP contribution in [0.1, 0.15) is 10.4 Å². The zero-order valence-corrected chi connectivity index (χ0v) is 14.1. The van der Waals surface area contributed by atoms with Gasteiger partial charge in [-0.15, -0.1) is 11.3 Å². The van der Waals surface area contributed by atoms with Gasteiger partial charge in [0.05, 0.1) is 4.90 Å². The van der Waals surface area contributed by atoms with Gasteiger partial charge in [-0.1, -0.05) is 34.1 Å². The van der Waals surface area contributed by atoms with E-state index < -0.39 is 10.0 Å². The highest BCUT2D eigenvalue weighted by Gasteiger charge is 2.24. The van der Waals surface area contributed by atoms with Gasteiger partial charge in [-0.2, -0.15) is 4.31 Å². The summed E-state index contributed by atoms with van der Waals surface area (Å²) in [5, 5.41) is 1.75. The Balaban J connectivity index is 2.29. The molecule has 1 heterocycles. The predicted octanol–water partition coefficient (Wildman–Crippen LogP) is 2.79. The lowest BCUT2D eigenvalue weighted by Gasteiger charge is -2.18. The molecule has 108 valence electrons. The number of hydrogen-bond donors (Lipinski definition) is 1. The van der Waals surface area contributed by atoms with Gasteiger partial charge >= 0.3 is 0 Å². The van der Waals surface area contributed by atoms with E-state index in [0.717, 1.165) is 10.0 Å². The second kappa shape index (κ2) is 6.36. The Bertz CT molecular complexity index is 698. The van der Waals surface area contributed by atoms with Crippen LogP contribution < -0.4 is 5.73 Å². The Morgan fingerprint density at radius 2 is 2.00 bits per heavy atom. The fourth-order valence-electron chi connectivity index (χ4n) is 1.83. The van der Waals surface area contributed by atoms with Gasteiger partial charge in [-0.05, 0) is 23.1 Å². The van der Waals surface area contributed by atoms with Crippen molar-refractivity contribution in [3.8, 4) is 0 Å². The van der Waals surface area contributed by atoms with Crippen molar-refractivity contribution >= 4 is 37.3 Å². The van der Waals surface area contributed by atoms with Crippen molar-refractivity contribution in [3.05, 3.63) is 50.6 Å². The summed E-state index contributed by atoms with van der Waals surface area (Å²) in [6.45, 7) is 0.540. The van der Waals surface area contributed by atoms with Gasteiger partial charge in [0, 0.05) is 29.5 Å². The molecule has 0 saturated heterocycles. The van der Waals surface area contributed by atoms with Crippen LogP contribution in [0.25, 0.3) is 0 Å². The minimum Gasteiger partial charge on any atom is -0.326 e. The van der Waals surface area contributed by atoms with Crippen molar-refractivity contribution in [2.24, 2.45) is 5.73 Å². The van der Waals surface area contributed by atoms with Crippen molar-refractivity contribution in [3.63, 3.8) is 0 Å². The summed E-state index contributed by atoms with van der Waals surface area (Å²) in [6.07, 6.45) is 0. The molecule has 4 nitrogen and oxygen atoms in total. The van der Waals surface area contributed by atoms with E-state index in [1.807, 2.05) is 24.3 Å². The largest absolute Gasteiger partial charge is 0.326 e. The fourth-order valence-corrected chi connectivity index (χ4v) is 4.69. The smallest absolute Gasteiger partial charge is 0.244 e. The molecule has 20 heavy (non-hydrogen) atoms. The summed E-state index contributed by atoms with van der Waals surface area (Å²) in [5.41, 5.74) is 6.51. The number of sulfonamides is 1. The van der Waals surface area contributed by atoms with E-state index in [4.69, 9.17) is 5.73 Å². The molecule has 0 bridgehead atoms. The molecule has 0 spiro atoms. The van der Waals surface area contributed by atoms with Gasteiger partial charge in [-0.25, -0.2) is 8.42 Å². The Morgan fingerprint density at radius 1 is 1.30 bits per heavy atom. The maximum absolute atomic E-state index is 12.6. The van der Waals surface area contributed by atoms with Crippen molar-refractivity contribution in [1.82, 2.24) is 4.31 Å². The van der Waals surface area contributed by atoms with E-state index >= 15 is 0 Å². The molecule has 2 rings (SSSR count). The Labute approximate surface area is 131 Å². The van der Waals surface area contributed by atoms with E-state index in [9.17, 15) is 8.42 Å². The summed E-state index contributed by atoms with van der Waals surface area (Å²) in [4.78, 5) is 0.989. The number of halogens is 1. The molecular formula is C13H15BrN2O2S2. The van der Waals surface area contributed by atoms with Crippen LogP contribution in [0.2, 0.25) is 0 Å². The van der Waals surface area contributed by atoms with E-state index in [-0.39, 0.29) is 6.54 Å². The topological polar surface area (TPSA) is 63.4 Å². The molecule has 0 amide bonds. The average Bonchev–Trinajstić information content (AvgIpc) is 2.90. The highest BCUT2D eigenvalue weighted by atomic mass is 79.9. The molecule has 0 aliphatic rings. The van der Waals surface area contributed by atoms with Gasteiger partial charge in [-0.3, -0.25) is 0 Å². The highest BCUT2D eigenvalue weighted by molar-refractivity contribution is 9.10. The Morgan fingerprint density at radius 3 is 2.65 bits per heavy atom. The first-order chi connectivity index (χ1) is 9.46. The Kier molecular flexibility index (Phi) is 4.98. The van der Waals surface area contributed by atoms with Crippen LogP contribution in [0.5, 0.6) is 0 Å². The van der Waals surface area contributed by atoms with Gasteiger partial charge in [0.15, 0.2) is 0 Å². The standard InChI is InChI=1S/C13H15BrN2O2S2/c1-16(9-10-4-2-3-5-11(10)14)20(17,18)13-6-7-19-12(13)8-15/h2-7H,8-9,15H2,1H3. The normalized spacial score (nSPS) is 12.0. The number of nitrogens with zero attached hydrogens (tertiary/aromatic N) is 1. The molecule has 0 fully saturated rings. The van der Waals surface area contributed by atoms with E-state index in [1.54, 1.807) is 18.5 Å². The molecule has 2 N–H and O–H groups in total. The molecule has 0 aliphatic carbocycles. The maximum atomic E-state index is 12.6. The Hall–Kier alpha value is -0.730. The lowest BCUT2D eigenvalue weighted by molar-refractivity contribution is 0.465. The molecular weight excluding hydrogens is 360 g/mol. The molecule has 0 saturated carbocycles. The lowest BCUT2D eigenvalue weighted by atomic mass is 10.2. The van der Waals surface area contributed by atoms with E-state index in [2.05, 4.69) is 15.9 Å². The van der Waals surface area contributed by atoms with Crippen LogP contribution in [-0.2, 0) is 23.1 Å². The highest BCUT2D eigenvalue weighted by Crippen LogP contribution is 2.26. The van der Waals surface area contributed by atoms with Crippen LogP contribution in [-0.4, -0.2) is 19.8 Å². The van der Waals surface area contributed by atoms with E-state index in [0.29, 0.717) is 16.3 Å². The number of thiophene rings is 1. The fraction of sp³-hybridized carbons (Fsp3) is 0.231. The van der Waals surface area contributed by atoms with Crippen molar-refractivity contribution in [1.29, 1.82) is 0 Å². The van der Waals surface area contributed by atoms with Crippen LogP contribution in [0.15, 0.2) is 45.1 Å². The minimum absolute atomic E-state index is 0.231. The first-order valence-electron chi connectivity index (χ1n) is 5.93. The summed E-state index contributed by atoms with van der Waals surface area (Å²) in [5.74, 6) is 0. The van der Waals surface area contributed by atoms with Gasteiger partial charge in [0.2, 0.25) is 10.0 Å². The summed E-state index contributed by atoms with van der Waals surface area (Å²) >= 11 is 4.79. The van der Waals surface area contributed by atoms with Crippen molar-refractivity contribution < 1.29 is 8.42 Å². The van der Waals surface area contributed by atoms with Crippen LogP contribution in [0.4, 0.5) is 0 Å². The second-order valence-electron chi connectivity index (χ2n) is 4.26. The first kappa shape index (κ1) is 15.7. The van der Waals surface area contributed by atoms with Crippen LogP contribution >= 0.6 is 27.3 Å². The number of benzene rings is 1. The average molecular weight is 375 g/mol. The predicted molar refractivity (Wildman–Crippen MR) is 85.0 cm³/mol. The maximum Gasteiger partial charge on any atom is 0.244 e. The summed E-state index contributed by atoms with van der Waals surface area (Å²) in [7, 11) is -1.93. The molecule has 1 aromatic carbocycles. The van der Waals surface area contributed by atoms with Crippen LogP contribution in [0, 0.1) is 0 Å². The van der Waals surface area contributed by atoms with Crippen molar-refractivity contribution in [2.75, 3.05) is 7.05 Å². The molecule has 0 aliphatic heterocycles. The molecule has 0 unspecified atom stereocenters. The zero-order valence-electron chi connectivity index (χ0n) is 10.9. The lowest BCUT2D eigenvalue weighted by Crippen LogP contribution is -2.27. The second-order valence-corrected chi connectivity index (χ2v) is 8.13. The number of hydrogen-bond acceptors (Lipinski definition) is 4. The number of rotatable bonds is 5. The molecule has 0 atom stereocenters. The SMILES string of the molecule is CN(Cc1ccccc1Br)S(=O)(=O)c1ccsc1CN. The molecule has 2 aromatic rings. The van der Waals surface area contributed by atoms with Gasteiger partial charge < -0.3 is 5.73 Å². The van der Waals surface area contributed by atoms with Crippen molar-refractivity contribution in [2.45, 2.75) is 18.0 Å². The van der Waals surface area contributed by atoms with Gasteiger partial charge in [0.1, 0.15) is 0 Å². The first-order valence-corrected chi connectivity index (χ1v) is 9.04. The third kappa shape index (κ3) is 3.12. The monoisotopic (exact) mass is 374 g/mol. The van der Waals surface area contributed by atoms with Gasteiger partial charge in [0.25, 0.3) is 0 Å². The number of nitrogens with two attached hydrogens (primary N) is 1. The minimum atomic E-state index is -3.51. The zero-order chi connectivity index (χ0) is 14.8. The quantitative estimate of drug-likeness (QED) is 0.874. The molecule has 0 radical (unpaired) electrons. The van der Waals surface area contributed by atoms with E-state index in [1.165, 1.54) is 15.6 Å². The summed E-state index contributed by atoms with van der Waals surface area (Å²) in [6, 6.07) is 9.18. The summed E-state index contributed by atoms with van der Waals surface area (Å²) < 4.78 is 27.3. The third-order valence-corrected chi connectivity index (χ3v) is 6.66. The molecule has 7 heteroatoms. The van der Waals surface area contributed by atoms with Crippen LogP contribution in [0.3, 0.4) is 0 Å². The third-order valence-electron chi connectivity index (χ3n) is 2.93. The molecule has 1 aromatic heterocycles.